The summed E-state index contributed by atoms with van der Waals surface area (Å²) in [7, 11) is 1.31. The maximum absolute atomic E-state index is 12.6. The Morgan fingerprint density at radius 3 is 2.86 bits per heavy atom. The monoisotopic (exact) mass is 301 g/mol. The van der Waals surface area contributed by atoms with E-state index in [0.717, 1.165) is 0 Å². The number of methoxy groups -OCH3 is 1. The van der Waals surface area contributed by atoms with Crippen LogP contribution in [-0.2, 0) is 4.74 Å². The fourth-order valence-corrected chi connectivity index (χ4v) is 2.76. The van der Waals surface area contributed by atoms with E-state index in [-0.39, 0.29) is 5.43 Å². The number of hydrogen-bond acceptors (Lipinski definition) is 6. The van der Waals surface area contributed by atoms with Gasteiger partial charge in [-0.2, -0.15) is 0 Å². The number of benzene rings is 1. The molecule has 21 heavy (non-hydrogen) atoms. The molecule has 106 valence electrons. The second-order valence-electron chi connectivity index (χ2n) is 4.51. The quantitative estimate of drug-likeness (QED) is 0.680. The van der Waals surface area contributed by atoms with Crippen LogP contribution in [0.1, 0.15) is 15.9 Å². The molecule has 5 nitrogen and oxygen atoms in total. The first-order valence-corrected chi connectivity index (χ1v) is 7.09. The van der Waals surface area contributed by atoms with Crippen molar-refractivity contribution >= 4 is 28.3 Å². The Morgan fingerprint density at radius 2 is 2.19 bits per heavy atom. The predicted octanol–water partition coefficient (Wildman–Crippen LogP) is 3.01. The van der Waals surface area contributed by atoms with E-state index in [0.29, 0.717) is 33.4 Å². The topological polar surface area (TPSA) is 69.4 Å². The second kappa shape index (κ2) is 5.14. The zero-order valence-electron chi connectivity index (χ0n) is 11.4. The van der Waals surface area contributed by atoms with Gasteiger partial charge in [0.2, 0.25) is 5.43 Å². The number of ether oxygens (including phenoxy) is 1. The van der Waals surface area contributed by atoms with Gasteiger partial charge in [-0.3, -0.25) is 4.79 Å². The normalized spacial score (nSPS) is 10.8. The average Bonchev–Trinajstić information content (AvgIpc) is 3.00. The third-order valence-corrected chi connectivity index (χ3v) is 3.79. The molecule has 0 N–H and O–H groups in total. The van der Waals surface area contributed by atoms with E-state index in [1.807, 2.05) is 0 Å². The molecule has 1 aromatic carbocycles. The molecule has 0 amide bonds. The van der Waals surface area contributed by atoms with Crippen LogP contribution in [0.4, 0.5) is 0 Å². The summed E-state index contributed by atoms with van der Waals surface area (Å²) in [6.07, 6.45) is 1.38. The van der Waals surface area contributed by atoms with E-state index >= 15 is 0 Å². The van der Waals surface area contributed by atoms with Gasteiger partial charge >= 0.3 is 5.97 Å². The van der Waals surface area contributed by atoms with Crippen LogP contribution in [0.15, 0.2) is 38.5 Å². The first-order chi connectivity index (χ1) is 10.1. The summed E-state index contributed by atoms with van der Waals surface area (Å²) in [6.45, 7) is 1.76. The highest BCUT2D eigenvalue weighted by atomic mass is 32.1. The van der Waals surface area contributed by atoms with Crippen molar-refractivity contribution in [2.45, 2.75) is 6.92 Å². The lowest BCUT2D eigenvalue weighted by Crippen LogP contribution is -2.08. The molecule has 0 saturated heterocycles. The molecule has 0 aliphatic heterocycles. The van der Waals surface area contributed by atoms with Crippen molar-refractivity contribution in [1.29, 1.82) is 0 Å². The molecule has 0 unspecified atom stereocenters. The van der Waals surface area contributed by atoms with Gasteiger partial charge in [0.15, 0.2) is 0 Å². The SMILES string of the molecule is COC(=O)c1cc(C)c2c(=O)c(-c3cscn3)coc2c1. The molecule has 2 heterocycles. The Morgan fingerprint density at radius 1 is 1.38 bits per heavy atom. The second-order valence-corrected chi connectivity index (χ2v) is 5.23. The number of thiazole rings is 1. The molecule has 2 aromatic heterocycles. The number of fused-ring (bicyclic) bond motifs is 1. The van der Waals surface area contributed by atoms with Gasteiger partial charge in [0.1, 0.15) is 11.8 Å². The van der Waals surface area contributed by atoms with Gasteiger partial charge < -0.3 is 9.15 Å². The van der Waals surface area contributed by atoms with Crippen molar-refractivity contribution in [3.05, 3.63) is 50.6 Å². The zero-order valence-corrected chi connectivity index (χ0v) is 12.2. The number of carbonyl (C=O) groups excluding carboxylic acids is 1. The van der Waals surface area contributed by atoms with Gasteiger partial charge in [-0.15, -0.1) is 11.3 Å². The highest BCUT2D eigenvalue weighted by Gasteiger charge is 2.15. The largest absolute Gasteiger partial charge is 0.465 e. The number of aromatic nitrogens is 1. The summed E-state index contributed by atoms with van der Waals surface area (Å²) in [4.78, 5) is 28.3. The summed E-state index contributed by atoms with van der Waals surface area (Å²) in [5.41, 5.74) is 3.89. The van der Waals surface area contributed by atoms with Gasteiger partial charge in [-0.25, -0.2) is 9.78 Å². The lowest BCUT2D eigenvalue weighted by Gasteiger charge is -2.06. The molecule has 6 heteroatoms. The van der Waals surface area contributed by atoms with Crippen LogP contribution in [0.3, 0.4) is 0 Å². The lowest BCUT2D eigenvalue weighted by atomic mass is 10.0. The summed E-state index contributed by atoms with van der Waals surface area (Å²) < 4.78 is 10.2. The van der Waals surface area contributed by atoms with Crippen LogP contribution < -0.4 is 5.43 Å². The van der Waals surface area contributed by atoms with Crippen LogP contribution in [0.25, 0.3) is 22.2 Å². The van der Waals surface area contributed by atoms with E-state index in [1.165, 1.54) is 30.8 Å². The van der Waals surface area contributed by atoms with Gasteiger partial charge in [0.25, 0.3) is 0 Å². The van der Waals surface area contributed by atoms with Crippen molar-refractivity contribution in [2.24, 2.45) is 0 Å². The third kappa shape index (κ3) is 2.23. The van der Waals surface area contributed by atoms with Gasteiger partial charge in [-0.1, -0.05) is 0 Å². The molecule has 0 saturated carbocycles. The van der Waals surface area contributed by atoms with Crippen LogP contribution in [-0.4, -0.2) is 18.1 Å². The summed E-state index contributed by atoms with van der Waals surface area (Å²) in [6, 6.07) is 3.14. The summed E-state index contributed by atoms with van der Waals surface area (Å²) in [5.74, 6) is -0.466. The molecule has 0 aliphatic rings. The number of rotatable bonds is 2. The van der Waals surface area contributed by atoms with Gasteiger partial charge in [-0.05, 0) is 24.6 Å². The lowest BCUT2D eigenvalue weighted by molar-refractivity contribution is 0.0600. The van der Waals surface area contributed by atoms with Gasteiger partial charge in [0, 0.05) is 5.38 Å². The first-order valence-electron chi connectivity index (χ1n) is 6.15. The zero-order chi connectivity index (χ0) is 15.0. The number of hydrogen-bond donors (Lipinski definition) is 0. The van der Waals surface area contributed by atoms with E-state index in [9.17, 15) is 9.59 Å². The highest BCUT2D eigenvalue weighted by Crippen LogP contribution is 2.23. The fraction of sp³-hybridized carbons (Fsp3) is 0.133. The molecule has 0 radical (unpaired) electrons. The molecular formula is C15H11NO4S. The summed E-state index contributed by atoms with van der Waals surface area (Å²) in [5, 5.41) is 2.24. The Bertz CT molecular complexity index is 881. The Kier molecular flexibility index (Phi) is 3.31. The minimum Gasteiger partial charge on any atom is -0.465 e. The van der Waals surface area contributed by atoms with Crippen LogP contribution in [0.5, 0.6) is 0 Å². The maximum Gasteiger partial charge on any atom is 0.337 e. The van der Waals surface area contributed by atoms with Crippen LogP contribution >= 0.6 is 11.3 Å². The molecule has 0 spiro atoms. The number of esters is 1. The van der Waals surface area contributed by atoms with Crippen molar-refractivity contribution in [3.63, 3.8) is 0 Å². The van der Waals surface area contributed by atoms with Gasteiger partial charge in [0.05, 0.1) is 34.8 Å². The highest BCUT2D eigenvalue weighted by molar-refractivity contribution is 7.07. The smallest absolute Gasteiger partial charge is 0.337 e. The number of aryl methyl sites for hydroxylation is 1. The van der Waals surface area contributed by atoms with Crippen LogP contribution in [0, 0.1) is 6.92 Å². The Labute approximate surface area is 123 Å². The number of nitrogens with zero attached hydrogens (tertiary/aromatic N) is 1. The molecule has 0 aliphatic carbocycles. The van der Waals surface area contributed by atoms with Crippen molar-refractivity contribution < 1.29 is 13.9 Å². The minimum atomic E-state index is -0.466. The maximum atomic E-state index is 12.6. The molecule has 3 rings (SSSR count). The molecule has 0 fully saturated rings. The standard InChI is InChI=1S/C15H11NO4S/c1-8-3-9(15(18)19-2)4-12-13(8)14(17)10(5-20-12)11-6-21-7-16-11/h3-7H,1-2H3. The van der Waals surface area contributed by atoms with Crippen molar-refractivity contribution in [3.8, 4) is 11.3 Å². The fourth-order valence-electron chi connectivity index (χ4n) is 2.21. The molecule has 3 aromatic rings. The van der Waals surface area contributed by atoms with E-state index < -0.39 is 5.97 Å². The average molecular weight is 301 g/mol. The minimum absolute atomic E-state index is 0.156. The summed E-state index contributed by atoms with van der Waals surface area (Å²) >= 11 is 1.41. The first kappa shape index (κ1) is 13.5. The molecule has 0 atom stereocenters. The Balaban J connectivity index is 2.28. The van der Waals surface area contributed by atoms with Crippen molar-refractivity contribution in [1.82, 2.24) is 4.98 Å². The number of carbonyl (C=O) groups is 1. The Hall–Kier alpha value is -2.47. The van der Waals surface area contributed by atoms with Crippen molar-refractivity contribution in [2.75, 3.05) is 7.11 Å². The van der Waals surface area contributed by atoms with E-state index in [4.69, 9.17) is 4.42 Å². The van der Waals surface area contributed by atoms with E-state index in [2.05, 4.69) is 9.72 Å². The predicted molar refractivity (Wildman–Crippen MR) is 79.7 cm³/mol. The molecular weight excluding hydrogens is 290 g/mol. The third-order valence-electron chi connectivity index (χ3n) is 3.20. The van der Waals surface area contributed by atoms with Crippen LogP contribution in [0.2, 0.25) is 0 Å². The molecule has 0 bridgehead atoms. The van der Waals surface area contributed by atoms with E-state index in [1.54, 1.807) is 23.9 Å².